The molecule has 19 heavy (non-hydrogen) atoms. The molecule has 0 aliphatic carbocycles. The fourth-order valence-electron chi connectivity index (χ4n) is 1.52. The lowest BCUT2D eigenvalue weighted by atomic mass is 10.2. The highest BCUT2D eigenvalue weighted by Crippen LogP contribution is 2.11. The van der Waals surface area contributed by atoms with Gasteiger partial charge < -0.3 is 11.1 Å². The van der Waals surface area contributed by atoms with Crippen LogP contribution in [0.3, 0.4) is 0 Å². The van der Waals surface area contributed by atoms with E-state index in [0.717, 1.165) is 0 Å². The molecule has 0 aliphatic heterocycles. The van der Waals surface area contributed by atoms with Gasteiger partial charge in [0.2, 0.25) is 0 Å². The van der Waals surface area contributed by atoms with E-state index in [-0.39, 0.29) is 23.7 Å². The SMILES string of the molecule is Nc1nccc(C(=O)NCc2ccc(F)cc2)c1F. The van der Waals surface area contributed by atoms with Gasteiger partial charge in [-0.15, -0.1) is 0 Å². The topological polar surface area (TPSA) is 68.0 Å². The van der Waals surface area contributed by atoms with Crippen molar-refractivity contribution >= 4 is 11.7 Å². The first-order chi connectivity index (χ1) is 9.08. The number of rotatable bonds is 3. The van der Waals surface area contributed by atoms with Crippen molar-refractivity contribution in [3.05, 3.63) is 59.3 Å². The Morgan fingerprint density at radius 2 is 1.89 bits per heavy atom. The molecule has 1 heterocycles. The van der Waals surface area contributed by atoms with E-state index >= 15 is 0 Å². The number of benzene rings is 1. The summed E-state index contributed by atoms with van der Waals surface area (Å²) in [5.41, 5.74) is 5.81. The zero-order chi connectivity index (χ0) is 13.8. The molecule has 0 unspecified atom stereocenters. The number of nitrogens with zero attached hydrogens (tertiary/aromatic N) is 1. The number of nitrogens with one attached hydrogen (secondary N) is 1. The van der Waals surface area contributed by atoms with Crippen molar-refractivity contribution in [2.75, 3.05) is 5.73 Å². The molecule has 4 nitrogen and oxygen atoms in total. The number of pyridine rings is 1. The molecular weight excluding hydrogens is 252 g/mol. The van der Waals surface area contributed by atoms with Crippen LogP contribution in [-0.2, 0) is 6.54 Å². The summed E-state index contributed by atoms with van der Waals surface area (Å²) < 4.78 is 26.2. The van der Waals surface area contributed by atoms with E-state index in [2.05, 4.69) is 10.3 Å². The van der Waals surface area contributed by atoms with Crippen LogP contribution in [0, 0.1) is 11.6 Å². The number of hydrogen-bond donors (Lipinski definition) is 2. The molecule has 0 atom stereocenters. The maximum Gasteiger partial charge on any atom is 0.254 e. The van der Waals surface area contributed by atoms with E-state index in [0.29, 0.717) is 5.56 Å². The van der Waals surface area contributed by atoms with Crippen LogP contribution >= 0.6 is 0 Å². The van der Waals surface area contributed by atoms with Gasteiger partial charge in [0.05, 0.1) is 5.56 Å². The summed E-state index contributed by atoms with van der Waals surface area (Å²) in [5.74, 6) is -2.13. The number of hydrogen-bond acceptors (Lipinski definition) is 3. The van der Waals surface area contributed by atoms with Gasteiger partial charge >= 0.3 is 0 Å². The zero-order valence-electron chi connectivity index (χ0n) is 9.86. The lowest BCUT2D eigenvalue weighted by Gasteiger charge is -2.07. The third-order valence-electron chi connectivity index (χ3n) is 2.53. The van der Waals surface area contributed by atoms with Crippen molar-refractivity contribution in [2.24, 2.45) is 0 Å². The van der Waals surface area contributed by atoms with Gasteiger partial charge in [-0.25, -0.2) is 13.8 Å². The number of anilines is 1. The normalized spacial score (nSPS) is 10.2. The molecule has 0 spiro atoms. The van der Waals surface area contributed by atoms with Gasteiger partial charge in [-0.2, -0.15) is 0 Å². The largest absolute Gasteiger partial charge is 0.381 e. The molecule has 1 aromatic carbocycles. The molecule has 0 aliphatic rings. The second-order valence-electron chi connectivity index (χ2n) is 3.87. The summed E-state index contributed by atoms with van der Waals surface area (Å²) in [6, 6.07) is 6.88. The van der Waals surface area contributed by atoms with E-state index in [1.807, 2.05) is 0 Å². The van der Waals surface area contributed by atoms with Crippen LogP contribution in [0.1, 0.15) is 15.9 Å². The third kappa shape index (κ3) is 3.04. The van der Waals surface area contributed by atoms with Crippen molar-refractivity contribution in [1.29, 1.82) is 0 Å². The fourth-order valence-corrected chi connectivity index (χ4v) is 1.52. The van der Waals surface area contributed by atoms with Crippen LogP contribution < -0.4 is 11.1 Å². The summed E-state index contributed by atoms with van der Waals surface area (Å²) in [4.78, 5) is 15.3. The molecule has 6 heteroatoms. The van der Waals surface area contributed by atoms with Crippen molar-refractivity contribution < 1.29 is 13.6 Å². The van der Waals surface area contributed by atoms with E-state index in [1.54, 1.807) is 0 Å². The summed E-state index contributed by atoms with van der Waals surface area (Å²) in [7, 11) is 0. The average Bonchev–Trinajstić information content (AvgIpc) is 2.41. The fraction of sp³-hybridized carbons (Fsp3) is 0.0769. The summed E-state index contributed by atoms with van der Waals surface area (Å²) in [6.45, 7) is 0.167. The van der Waals surface area contributed by atoms with Crippen molar-refractivity contribution in [1.82, 2.24) is 10.3 Å². The van der Waals surface area contributed by atoms with Crippen LogP contribution in [0.4, 0.5) is 14.6 Å². The molecule has 2 rings (SSSR count). The first kappa shape index (κ1) is 12.9. The smallest absolute Gasteiger partial charge is 0.254 e. The van der Waals surface area contributed by atoms with Crippen LogP contribution in [0.2, 0.25) is 0 Å². The van der Waals surface area contributed by atoms with Crippen LogP contribution in [0.15, 0.2) is 36.5 Å². The predicted molar refractivity (Wildman–Crippen MR) is 66.2 cm³/mol. The van der Waals surface area contributed by atoms with Gasteiger partial charge in [0.15, 0.2) is 11.6 Å². The second-order valence-corrected chi connectivity index (χ2v) is 3.87. The van der Waals surface area contributed by atoms with Crippen LogP contribution in [0.5, 0.6) is 0 Å². The first-order valence-corrected chi connectivity index (χ1v) is 5.50. The summed E-state index contributed by atoms with van der Waals surface area (Å²) >= 11 is 0. The summed E-state index contributed by atoms with van der Waals surface area (Å²) in [5, 5.41) is 2.52. The Morgan fingerprint density at radius 3 is 2.58 bits per heavy atom. The quantitative estimate of drug-likeness (QED) is 0.888. The van der Waals surface area contributed by atoms with E-state index < -0.39 is 11.7 Å². The molecular formula is C13H11F2N3O. The Balaban J connectivity index is 2.05. The van der Waals surface area contributed by atoms with Gasteiger partial charge in [-0.1, -0.05) is 12.1 Å². The minimum Gasteiger partial charge on any atom is -0.381 e. The average molecular weight is 263 g/mol. The Bertz CT molecular complexity index is 599. The van der Waals surface area contributed by atoms with Gasteiger partial charge in [0.1, 0.15) is 5.82 Å². The minimum atomic E-state index is -0.848. The first-order valence-electron chi connectivity index (χ1n) is 5.50. The number of amides is 1. The Hall–Kier alpha value is -2.50. The van der Waals surface area contributed by atoms with Gasteiger partial charge in [0.25, 0.3) is 5.91 Å². The molecule has 0 fully saturated rings. The molecule has 0 bridgehead atoms. The molecule has 0 saturated carbocycles. The minimum absolute atomic E-state index is 0.167. The molecule has 98 valence electrons. The molecule has 0 saturated heterocycles. The van der Waals surface area contributed by atoms with E-state index in [1.165, 1.54) is 36.5 Å². The second kappa shape index (κ2) is 5.43. The monoisotopic (exact) mass is 263 g/mol. The highest BCUT2D eigenvalue weighted by Gasteiger charge is 2.13. The Kier molecular flexibility index (Phi) is 3.70. The Morgan fingerprint density at radius 1 is 1.21 bits per heavy atom. The standard InChI is InChI=1S/C13H11F2N3O/c14-9-3-1-8(2-4-9)7-18-13(19)10-5-6-17-12(16)11(10)15/h1-6H,7H2,(H2,16,17)(H,18,19). The maximum absolute atomic E-state index is 13.5. The lowest BCUT2D eigenvalue weighted by molar-refractivity contribution is 0.0947. The zero-order valence-corrected chi connectivity index (χ0v) is 9.86. The molecule has 3 N–H and O–H groups in total. The highest BCUT2D eigenvalue weighted by molar-refractivity contribution is 5.95. The van der Waals surface area contributed by atoms with Gasteiger partial charge in [0, 0.05) is 12.7 Å². The maximum atomic E-state index is 13.5. The number of halogens is 2. The van der Waals surface area contributed by atoms with Crippen LogP contribution in [-0.4, -0.2) is 10.9 Å². The highest BCUT2D eigenvalue weighted by atomic mass is 19.1. The lowest BCUT2D eigenvalue weighted by Crippen LogP contribution is -2.24. The van der Waals surface area contributed by atoms with Crippen molar-refractivity contribution in [2.45, 2.75) is 6.54 Å². The van der Waals surface area contributed by atoms with Crippen LogP contribution in [0.25, 0.3) is 0 Å². The predicted octanol–water partition coefficient (Wildman–Crippen LogP) is 1.87. The van der Waals surface area contributed by atoms with E-state index in [4.69, 9.17) is 5.73 Å². The Labute approximate surface area is 108 Å². The number of nitrogens with two attached hydrogens (primary N) is 1. The molecule has 2 aromatic rings. The third-order valence-corrected chi connectivity index (χ3v) is 2.53. The van der Waals surface area contributed by atoms with Gasteiger partial charge in [-0.05, 0) is 23.8 Å². The van der Waals surface area contributed by atoms with Crippen molar-refractivity contribution in [3.8, 4) is 0 Å². The molecule has 1 amide bonds. The number of aromatic nitrogens is 1. The van der Waals surface area contributed by atoms with Crippen molar-refractivity contribution in [3.63, 3.8) is 0 Å². The van der Waals surface area contributed by atoms with E-state index in [9.17, 15) is 13.6 Å². The van der Waals surface area contributed by atoms with Gasteiger partial charge in [-0.3, -0.25) is 4.79 Å². The molecule has 1 aromatic heterocycles. The number of carbonyl (C=O) groups is 1. The molecule has 0 radical (unpaired) electrons. The number of carbonyl (C=O) groups excluding carboxylic acids is 1. The number of nitrogen functional groups attached to an aromatic ring is 1. The summed E-state index contributed by atoms with van der Waals surface area (Å²) in [6.07, 6.45) is 1.26.